The van der Waals surface area contributed by atoms with E-state index in [1.807, 2.05) is 0 Å². The van der Waals surface area contributed by atoms with Crippen molar-refractivity contribution in [1.82, 2.24) is 9.47 Å². The van der Waals surface area contributed by atoms with Crippen LogP contribution in [0.25, 0.3) is 5.88 Å². The van der Waals surface area contributed by atoms with Gasteiger partial charge in [-0.1, -0.05) is 12.1 Å². The van der Waals surface area contributed by atoms with Crippen molar-refractivity contribution in [1.29, 1.82) is 0 Å². The minimum absolute atomic E-state index is 0.0923. The predicted octanol–water partition coefficient (Wildman–Crippen LogP) is 4.23. The van der Waals surface area contributed by atoms with Gasteiger partial charge in [-0.2, -0.15) is 0 Å². The predicted molar refractivity (Wildman–Crippen MR) is 130 cm³/mol. The lowest BCUT2D eigenvalue weighted by Gasteiger charge is -2.28. The van der Waals surface area contributed by atoms with E-state index in [1.165, 1.54) is 42.1 Å². The number of likely N-dealkylation sites (tertiary alicyclic amines) is 1. The van der Waals surface area contributed by atoms with E-state index >= 15 is 0 Å². The number of furan rings is 1. The Morgan fingerprint density at radius 2 is 1.97 bits per heavy atom. The maximum atomic E-state index is 12.9. The number of anilines is 1. The molecule has 6 heteroatoms. The summed E-state index contributed by atoms with van der Waals surface area (Å²) in [5.41, 5.74) is 3.16. The first kappa shape index (κ1) is 21.7. The van der Waals surface area contributed by atoms with Crippen molar-refractivity contribution in [3.8, 4) is 5.88 Å². The Kier molecular flexibility index (Phi) is 5.94. The molecule has 2 aromatic heterocycles. The van der Waals surface area contributed by atoms with Gasteiger partial charge >= 0.3 is 0 Å². The molecule has 33 heavy (non-hydrogen) atoms. The third kappa shape index (κ3) is 4.40. The SMILES string of the molecule is Cc1cc(N2CCC(N3CCCC3C)C2)ccc1CC(=O)c1ccc(-n2ccccc2=O)o1. The monoisotopic (exact) mass is 445 g/mol. The third-order valence-electron chi connectivity index (χ3n) is 7.21. The summed E-state index contributed by atoms with van der Waals surface area (Å²) >= 11 is 0. The smallest absolute Gasteiger partial charge is 0.257 e. The van der Waals surface area contributed by atoms with Gasteiger partial charge in [0.25, 0.3) is 5.56 Å². The lowest BCUT2D eigenvalue weighted by molar-refractivity contribution is 0.0966. The summed E-state index contributed by atoms with van der Waals surface area (Å²) in [6, 6.07) is 16.0. The zero-order chi connectivity index (χ0) is 22.9. The van der Waals surface area contributed by atoms with Gasteiger partial charge in [0.1, 0.15) is 0 Å². The van der Waals surface area contributed by atoms with E-state index in [9.17, 15) is 9.59 Å². The van der Waals surface area contributed by atoms with Crippen LogP contribution in [0.1, 0.15) is 47.9 Å². The average Bonchev–Trinajstić information content (AvgIpc) is 3.56. The number of ketones is 1. The lowest BCUT2D eigenvalue weighted by atomic mass is 10.0. The van der Waals surface area contributed by atoms with Crippen LogP contribution in [-0.2, 0) is 6.42 Å². The molecule has 0 radical (unpaired) electrons. The second kappa shape index (κ2) is 9.02. The molecule has 2 unspecified atom stereocenters. The highest BCUT2D eigenvalue weighted by Crippen LogP contribution is 2.29. The minimum atomic E-state index is -0.194. The highest BCUT2D eigenvalue weighted by molar-refractivity contribution is 5.95. The highest BCUT2D eigenvalue weighted by atomic mass is 16.4. The second-order valence-electron chi connectivity index (χ2n) is 9.38. The van der Waals surface area contributed by atoms with Crippen LogP contribution in [0.3, 0.4) is 0 Å². The summed E-state index contributed by atoms with van der Waals surface area (Å²) < 4.78 is 7.09. The fourth-order valence-electron chi connectivity index (χ4n) is 5.30. The normalized spacial score (nSPS) is 21.1. The molecule has 2 aliphatic heterocycles. The Balaban J connectivity index is 1.25. The van der Waals surface area contributed by atoms with Gasteiger partial charge in [-0.15, -0.1) is 0 Å². The van der Waals surface area contributed by atoms with Gasteiger partial charge in [0.15, 0.2) is 5.76 Å². The lowest BCUT2D eigenvalue weighted by Crippen LogP contribution is -2.39. The van der Waals surface area contributed by atoms with Crippen molar-refractivity contribution in [3.05, 3.63) is 82.0 Å². The molecule has 5 rings (SSSR count). The number of aromatic nitrogens is 1. The summed E-state index contributed by atoms with van der Waals surface area (Å²) in [7, 11) is 0. The van der Waals surface area contributed by atoms with Crippen LogP contribution in [-0.4, -0.2) is 47.0 Å². The zero-order valence-electron chi connectivity index (χ0n) is 19.4. The third-order valence-corrected chi connectivity index (χ3v) is 7.21. The molecule has 0 N–H and O–H groups in total. The number of Topliss-reactive ketones (excluding diaryl/α,β-unsaturated/α-hetero) is 1. The number of carbonyl (C=O) groups excluding carboxylic acids is 1. The molecule has 0 aliphatic carbocycles. The first-order chi connectivity index (χ1) is 16.0. The molecular weight excluding hydrogens is 414 g/mol. The summed E-state index contributed by atoms with van der Waals surface area (Å²) in [6.07, 6.45) is 5.76. The van der Waals surface area contributed by atoms with Crippen LogP contribution in [0.4, 0.5) is 5.69 Å². The summed E-state index contributed by atoms with van der Waals surface area (Å²) in [5, 5.41) is 0. The Bertz CT molecular complexity index is 1210. The molecule has 0 amide bonds. The quantitative estimate of drug-likeness (QED) is 0.532. The highest BCUT2D eigenvalue weighted by Gasteiger charge is 2.33. The number of hydrogen-bond donors (Lipinski definition) is 0. The van der Waals surface area contributed by atoms with Crippen LogP contribution in [0, 0.1) is 6.92 Å². The minimum Gasteiger partial charge on any atom is -0.437 e. The number of pyridine rings is 1. The average molecular weight is 446 g/mol. The van der Waals surface area contributed by atoms with E-state index < -0.39 is 0 Å². The molecule has 0 spiro atoms. The van der Waals surface area contributed by atoms with Crippen molar-refractivity contribution >= 4 is 11.5 Å². The largest absolute Gasteiger partial charge is 0.437 e. The topological polar surface area (TPSA) is 58.7 Å². The Morgan fingerprint density at radius 1 is 1.09 bits per heavy atom. The Labute approximate surface area is 194 Å². The van der Waals surface area contributed by atoms with Crippen LogP contribution >= 0.6 is 0 Å². The van der Waals surface area contributed by atoms with E-state index in [4.69, 9.17) is 4.42 Å². The van der Waals surface area contributed by atoms with E-state index in [2.05, 4.69) is 41.8 Å². The van der Waals surface area contributed by atoms with Crippen LogP contribution in [0.5, 0.6) is 0 Å². The van der Waals surface area contributed by atoms with Gasteiger partial charge in [-0.3, -0.25) is 19.1 Å². The zero-order valence-corrected chi connectivity index (χ0v) is 19.4. The molecule has 172 valence electrons. The van der Waals surface area contributed by atoms with Crippen molar-refractivity contribution in [3.63, 3.8) is 0 Å². The summed E-state index contributed by atoms with van der Waals surface area (Å²) in [6.45, 7) is 7.81. The van der Waals surface area contributed by atoms with E-state index in [0.29, 0.717) is 18.0 Å². The molecule has 2 saturated heterocycles. The van der Waals surface area contributed by atoms with Crippen LogP contribution < -0.4 is 10.5 Å². The molecular formula is C27H31N3O3. The number of carbonyl (C=O) groups is 1. The molecule has 4 heterocycles. The van der Waals surface area contributed by atoms with Crippen molar-refractivity contribution in [2.45, 2.75) is 51.6 Å². The number of hydrogen-bond acceptors (Lipinski definition) is 5. The van der Waals surface area contributed by atoms with Gasteiger partial charge in [-0.25, -0.2) is 0 Å². The molecule has 6 nitrogen and oxygen atoms in total. The van der Waals surface area contributed by atoms with Gasteiger partial charge in [0.05, 0.1) is 0 Å². The molecule has 2 atom stereocenters. The van der Waals surface area contributed by atoms with Crippen LogP contribution in [0.2, 0.25) is 0 Å². The maximum absolute atomic E-state index is 12.9. The standard InChI is InChI=1S/C27H31N3O3/c1-19-16-22(28-15-12-23(18-28)29-14-5-6-20(29)2)9-8-21(19)17-24(31)25-10-11-27(33-25)30-13-4-3-7-26(30)32/h3-4,7-11,13,16,20,23H,5-6,12,14-15,17-18H2,1-2H3. The number of rotatable bonds is 6. The van der Waals surface area contributed by atoms with Gasteiger partial charge in [0, 0.05) is 55.6 Å². The van der Waals surface area contributed by atoms with E-state index in [-0.39, 0.29) is 23.5 Å². The number of benzene rings is 1. The van der Waals surface area contributed by atoms with Crippen molar-refractivity contribution in [2.24, 2.45) is 0 Å². The van der Waals surface area contributed by atoms with Crippen molar-refractivity contribution < 1.29 is 9.21 Å². The van der Waals surface area contributed by atoms with Crippen molar-refractivity contribution in [2.75, 3.05) is 24.5 Å². The summed E-state index contributed by atoms with van der Waals surface area (Å²) in [4.78, 5) is 30.0. The fraction of sp³-hybridized carbons (Fsp3) is 0.407. The molecule has 0 saturated carbocycles. The Morgan fingerprint density at radius 3 is 2.73 bits per heavy atom. The molecule has 1 aromatic carbocycles. The van der Waals surface area contributed by atoms with Crippen LogP contribution in [0.15, 0.2) is 63.9 Å². The summed E-state index contributed by atoms with van der Waals surface area (Å²) in [5.74, 6) is 0.531. The maximum Gasteiger partial charge on any atom is 0.257 e. The Hall–Kier alpha value is -3.12. The first-order valence-corrected chi connectivity index (χ1v) is 11.9. The van der Waals surface area contributed by atoms with Gasteiger partial charge in [-0.05, 0) is 75.0 Å². The van der Waals surface area contributed by atoms with E-state index in [0.717, 1.165) is 24.2 Å². The molecule has 3 aromatic rings. The molecule has 0 bridgehead atoms. The van der Waals surface area contributed by atoms with E-state index in [1.54, 1.807) is 30.5 Å². The first-order valence-electron chi connectivity index (χ1n) is 11.9. The number of nitrogens with zero attached hydrogens (tertiary/aromatic N) is 3. The molecule has 2 fully saturated rings. The van der Waals surface area contributed by atoms with Gasteiger partial charge < -0.3 is 9.32 Å². The molecule has 2 aliphatic rings. The number of aryl methyl sites for hydroxylation is 1. The second-order valence-corrected chi connectivity index (χ2v) is 9.38. The fourth-order valence-corrected chi connectivity index (χ4v) is 5.30. The van der Waals surface area contributed by atoms with Gasteiger partial charge in [0.2, 0.25) is 11.7 Å².